The Kier molecular flexibility index (Phi) is 5.14. The first-order valence-electron chi connectivity index (χ1n) is 4.75. The second-order valence-electron chi connectivity index (χ2n) is 2.80. The van der Waals surface area contributed by atoms with Crippen molar-refractivity contribution >= 4 is 17.7 Å². The highest BCUT2D eigenvalue weighted by Gasteiger charge is 2.05. The van der Waals surface area contributed by atoms with Crippen molar-refractivity contribution in [2.75, 3.05) is 18.9 Å². The number of aliphatic hydroxyl groups is 1. The number of thioether (sulfide) groups is 1. The molecule has 82 valence electrons. The standard InChI is InChI=1S/C10H14N2O2S/c1-2-15-9-7-8(3-4-11-9)10(14)12-5-6-13/h3-4,7,13H,2,5-6H2,1H3,(H,12,14). The summed E-state index contributed by atoms with van der Waals surface area (Å²) in [6.07, 6.45) is 1.62. The van der Waals surface area contributed by atoms with Crippen LogP contribution in [-0.4, -0.2) is 34.9 Å². The van der Waals surface area contributed by atoms with Crippen LogP contribution in [0, 0.1) is 0 Å². The largest absolute Gasteiger partial charge is 0.395 e. The predicted octanol–water partition coefficient (Wildman–Crippen LogP) is 0.916. The Balaban J connectivity index is 2.67. The summed E-state index contributed by atoms with van der Waals surface area (Å²) in [5.74, 6) is 0.749. The van der Waals surface area contributed by atoms with Gasteiger partial charge in [-0.25, -0.2) is 4.98 Å². The number of carbonyl (C=O) groups excluding carboxylic acids is 1. The minimum Gasteiger partial charge on any atom is -0.395 e. The molecule has 1 rings (SSSR count). The first-order chi connectivity index (χ1) is 7.27. The number of aliphatic hydroxyl groups excluding tert-OH is 1. The van der Waals surface area contributed by atoms with Crippen molar-refractivity contribution in [1.29, 1.82) is 0 Å². The summed E-state index contributed by atoms with van der Waals surface area (Å²) < 4.78 is 0. The molecule has 0 aliphatic rings. The number of rotatable bonds is 5. The fraction of sp³-hybridized carbons (Fsp3) is 0.400. The van der Waals surface area contributed by atoms with Crippen LogP contribution in [0.5, 0.6) is 0 Å². The van der Waals surface area contributed by atoms with Crippen molar-refractivity contribution < 1.29 is 9.90 Å². The fourth-order valence-corrected chi connectivity index (χ4v) is 1.69. The number of nitrogens with one attached hydrogen (secondary N) is 1. The summed E-state index contributed by atoms with van der Waals surface area (Å²) in [5.41, 5.74) is 0.578. The Morgan fingerprint density at radius 3 is 3.13 bits per heavy atom. The van der Waals surface area contributed by atoms with Gasteiger partial charge in [0.15, 0.2) is 0 Å². The van der Waals surface area contributed by atoms with Gasteiger partial charge in [0.1, 0.15) is 0 Å². The minimum atomic E-state index is -0.176. The first-order valence-corrected chi connectivity index (χ1v) is 5.74. The number of hydrogen-bond acceptors (Lipinski definition) is 4. The van der Waals surface area contributed by atoms with Crippen LogP contribution in [0.15, 0.2) is 23.4 Å². The van der Waals surface area contributed by atoms with E-state index >= 15 is 0 Å². The van der Waals surface area contributed by atoms with Crippen molar-refractivity contribution in [2.24, 2.45) is 0 Å². The zero-order valence-electron chi connectivity index (χ0n) is 8.56. The molecule has 0 unspecified atom stereocenters. The third-order valence-corrected chi connectivity index (χ3v) is 2.49. The third kappa shape index (κ3) is 3.89. The summed E-state index contributed by atoms with van der Waals surface area (Å²) in [6, 6.07) is 3.41. The Morgan fingerprint density at radius 2 is 2.47 bits per heavy atom. The van der Waals surface area contributed by atoms with Gasteiger partial charge in [0.2, 0.25) is 0 Å². The molecule has 0 aliphatic heterocycles. The van der Waals surface area contributed by atoms with Crippen molar-refractivity contribution in [3.63, 3.8) is 0 Å². The fourth-order valence-electron chi connectivity index (χ4n) is 1.05. The molecule has 0 atom stereocenters. The number of aromatic nitrogens is 1. The summed E-state index contributed by atoms with van der Waals surface area (Å²) >= 11 is 1.59. The maximum absolute atomic E-state index is 11.5. The number of amides is 1. The number of carbonyl (C=O) groups is 1. The van der Waals surface area contributed by atoms with Gasteiger partial charge in [-0.1, -0.05) is 6.92 Å². The maximum atomic E-state index is 11.5. The van der Waals surface area contributed by atoms with Crippen molar-refractivity contribution in [2.45, 2.75) is 11.9 Å². The van der Waals surface area contributed by atoms with Crippen LogP contribution in [0.2, 0.25) is 0 Å². The van der Waals surface area contributed by atoms with Gasteiger partial charge in [0.25, 0.3) is 5.91 Å². The van der Waals surface area contributed by atoms with Gasteiger partial charge in [-0.05, 0) is 17.9 Å². The summed E-state index contributed by atoms with van der Waals surface area (Å²) in [5, 5.41) is 12.0. The lowest BCUT2D eigenvalue weighted by molar-refractivity contribution is 0.0944. The van der Waals surface area contributed by atoms with Gasteiger partial charge in [0, 0.05) is 18.3 Å². The quantitative estimate of drug-likeness (QED) is 0.733. The monoisotopic (exact) mass is 226 g/mol. The van der Waals surface area contributed by atoms with Crippen molar-refractivity contribution in [1.82, 2.24) is 10.3 Å². The normalized spacial score (nSPS) is 10.0. The van der Waals surface area contributed by atoms with E-state index in [9.17, 15) is 4.79 Å². The molecule has 0 radical (unpaired) electrons. The SMILES string of the molecule is CCSc1cc(C(=O)NCCO)ccn1. The molecule has 2 N–H and O–H groups in total. The molecule has 0 aliphatic carbocycles. The molecule has 15 heavy (non-hydrogen) atoms. The van der Waals surface area contributed by atoms with Crippen LogP contribution in [0.25, 0.3) is 0 Å². The van der Waals surface area contributed by atoms with E-state index in [2.05, 4.69) is 10.3 Å². The lowest BCUT2D eigenvalue weighted by Crippen LogP contribution is -2.26. The van der Waals surface area contributed by atoms with Crippen molar-refractivity contribution in [3.05, 3.63) is 23.9 Å². The van der Waals surface area contributed by atoms with Gasteiger partial charge < -0.3 is 10.4 Å². The molecule has 1 heterocycles. The molecule has 5 heteroatoms. The highest BCUT2D eigenvalue weighted by Crippen LogP contribution is 2.15. The van der Waals surface area contributed by atoms with E-state index in [4.69, 9.17) is 5.11 Å². The summed E-state index contributed by atoms with van der Waals surface area (Å²) in [6.45, 7) is 2.26. The molecule has 4 nitrogen and oxygen atoms in total. The zero-order valence-corrected chi connectivity index (χ0v) is 9.38. The van der Waals surface area contributed by atoms with Crippen LogP contribution in [0.4, 0.5) is 0 Å². The van der Waals surface area contributed by atoms with Crippen LogP contribution in [-0.2, 0) is 0 Å². The zero-order chi connectivity index (χ0) is 11.1. The molecule has 0 saturated heterocycles. The van der Waals surface area contributed by atoms with E-state index in [1.165, 1.54) is 0 Å². The summed E-state index contributed by atoms with van der Waals surface area (Å²) in [4.78, 5) is 15.6. The Bertz CT molecular complexity index is 331. The van der Waals surface area contributed by atoms with Gasteiger partial charge in [-0.3, -0.25) is 4.79 Å². The molecule has 0 spiro atoms. The second kappa shape index (κ2) is 6.42. The van der Waals surface area contributed by atoms with Gasteiger partial charge >= 0.3 is 0 Å². The van der Waals surface area contributed by atoms with E-state index in [0.29, 0.717) is 5.56 Å². The average Bonchev–Trinajstić information content (AvgIpc) is 2.27. The predicted molar refractivity (Wildman–Crippen MR) is 60.1 cm³/mol. The molecule has 1 amide bonds. The van der Waals surface area contributed by atoms with Gasteiger partial charge in [-0.15, -0.1) is 11.8 Å². The lowest BCUT2D eigenvalue weighted by atomic mass is 10.2. The highest BCUT2D eigenvalue weighted by atomic mass is 32.2. The first kappa shape index (κ1) is 12.0. The number of nitrogens with zero attached hydrogens (tertiary/aromatic N) is 1. The molecule has 1 aromatic rings. The van der Waals surface area contributed by atoms with E-state index in [0.717, 1.165) is 10.8 Å². The molecule has 1 aromatic heterocycles. The number of hydrogen-bond donors (Lipinski definition) is 2. The molecule has 0 bridgehead atoms. The number of pyridine rings is 1. The third-order valence-electron chi connectivity index (χ3n) is 1.69. The maximum Gasteiger partial charge on any atom is 0.251 e. The summed E-state index contributed by atoms with van der Waals surface area (Å²) in [7, 11) is 0. The van der Waals surface area contributed by atoms with E-state index in [-0.39, 0.29) is 19.1 Å². The van der Waals surface area contributed by atoms with Gasteiger partial charge in [-0.2, -0.15) is 0 Å². The lowest BCUT2D eigenvalue weighted by Gasteiger charge is -2.04. The Labute approximate surface area is 93.1 Å². The second-order valence-corrected chi connectivity index (χ2v) is 4.08. The van der Waals surface area contributed by atoms with Gasteiger partial charge in [0.05, 0.1) is 11.6 Å². The van der Waals surface area contributed by atoms with Crippen molar-refractivity contribution in [3.8, 4) is 0 Å². The van der Waals surface area contributed by atoms with Crippen LogP contribution in [0.1, 0.15) is 17.3 Å². The van der Waals surface area contributed by atoms with E-state index in [1.54, 1.807) is 30.1 Å². The highest BCUT2D eigenvalue weighted by molar-refractivity contribution is 7.99. The molecule has 0 saturated carbocycles. The van der Waals surface area contributed by atoms with Crippen LogP contribution in [0.3, 0.4) is 0 Å². The Hall–Kier alpha value is -1.07. The molecular weight excluding hydrogens is 212 g/mol. The van der Waals surface area contributed by atoms with E-state index in [1.807, 2.05) is 6.92 Å². The average molecular weight is 226 g/mol. The van der Waals surface area contributed by atoms with Crippen LogP contribution < -0.4 is 5.32 Å². The molecule has 0 fully saturated rings. The smallest absolute Gasteiger partial charge is 0.251 e. The molecule has 0 aromatic carbocycles. The Morgan fingerprint density at radius 1 is 1.67 bits per heavy atom. The van der Waals surface area contributed by atoms with Crippen LogP contribution >= 0.6 is 11.8 Å². The topological polar surface area (TPSA) is 62.2 Å². The van der Waals surface area contributed by atoms with E-state index < -0.39 is 0 Å². The molecular formula is C10H14N2O2S. The minimum absolute atomic E-state index is 0.0482.